The molecule has 6 heteroatoms. The van der Waals surface area contributed by atoms with Gasteiger partial charge in [0.2, 0.25) is 0 Å². The molecule has 5 nitrogen and oxygen atoms in total. The van der Waals surface area contributed by atoms with Gasteiger partial charge in [-0.1, -0.05) is 50.1 Å². The quantitative estimate of drug-likeness (QED) is 0.203. The predicted octanol–water partition coefficient (Wildman–Crippen LogP) is 3.87. The maximum Gasteiger partial charge on any atom is 0.191 e. The molecular formula is C23H42IN5. The molecule has 1 saturated heterocycles. The van der Waals surface area contributed by atoms with Crippen molar-refractivity contribution in [1.29, 1.82) is 0 Å². The van der Waals surface area contributed by atoms with E-state index >= 15 is 0 Å². The predicted molar refractivity (Wildman–Crippen MR) is 136 cm³/mol. The van der Waals surface area contributed by atoms with Crippen molar-refractivity contribution in [2.75, 3.05) is 52.4 Å². The second kappa shape index (κ2) is 15.9. The number of unbranched alkanes of at least 4 members (excludes halogenated alkanes) is 2. The number of likely N-dealkylation sites (N-methyl/N-ethyl adjacent to an activating group) is 1. The van der Waals surface area contributed by atoms with Crippen LogP contribution in [0.5, 0.6) is 0 Å². The summed E-state index contributed by atoms with van der Waals surface area (Å²) in [5.74, 6) is 0.950. The lowest BCUT2D eigenvalue weighted by Gasteiger charge is -2.34. The normalized spacial score (nSPS) is 15.8. The molecule has 0 spiro atoms. The summed E-state index contributed by atoms with van der Waals surface area (Å²) in [6.07, 6.45) is 4.81. The van der Waals surface area contributed by atoms with E-state index in [1.165, 1.54) is 76.1 Å². The summed E-state index contributed by atoms with van der Waals surface area (Å²) >= 11 is 0. The molecule has 2 N–H and O–H groups in total. The van der Waals surface area contributed by atoms with E-state index in [1.807, 2.05) is 0 Å². The Morgan fingerprint density at radius 2 is 1.52 bits per heavy atom. The van der Waals surface area contributed by atoms with Crippen LogP contribution in [-0.2, 0) is 6.54 Å². The number of piperazine rings is 1. The summed E-state index contributed by atoms with van der Waals surface area (Å²) in [5.41, 5.74) is 2.55. The van der Waals surface area contributed by atoms with Crippen LogP contribution in [0.3, 0.4) is 0 Å². The standard InChI is InChI=1S/C23H41N5.HI/c1-4-6-13-24-23(26-20-22-11-9-21(3)10-12-22)25-14-7-8-15-28-18-16-27(5-2)17-19-28;/h9-12H,4-8,13-20H2,1-3H3,(H2,24,25,26);1H. The minimum Gasteiger partial charge on any atom is -0.356 e. The molecule has 1 aliphatic rings. The fourth-order valence-electron chi connectivity index (χ4n) is 3.42. The van der Waals surface area contributed by atoms with E-state index in [4.69, 9.17) is 4.99 Å². The average Bonchev–Trinajstić information content (AvgIpc) is 2.73. The third-order valence-electron chi connectivity index (χ3n) is 5.47. The van der Waals surface area contributed by atoms with E-state index in [9.17, 15) is 0 Å². The fraction of sp³-hybridized carbons (Fsp3) is 0.696. The van der Waals surface area contributed by atoms with Crippen LogP contribution in [0.1, 0.15) is 50.7 Å². The summed E-state index contributed by atoms with van der Waals surface area (Å²) in [4.78, 5) is 9.93. The van der Waals surface area contributed by atoms with Crippen molar-refractivity contribution >= 4 is 29.9 Å². The second-order valence-corrected chi connectivity index (χ2v) is 7.84. The minimum absolute atomic E-state index is 0. The molecule has 0 radical (unpaired) electrons. The largest absolute Gasteiger partial charge is 0.356 e. The zero-order valence-electron chi connectivity index (χ0n) is 18.8. The monoisotopic (exact) mass is 515 g/mol. The number of guanidine groups is 1. The molecular weight excluding hydrogens is 473 g/mol. The molecule has 1 aromatic rings. The van der Waals surface area contributed by atoms with Gasteiger partial charge in [-0.3, -0.25) is 0 Å². The van der Waals surface area contributed by atoms with Crippen LogP contribution < -0.4 is 10.6 Å². The highest BCUT2D eigenvalue weighted by Gasteiger charge is 2.14. The van der Waals surface area contributed by atoms with E-state index in [2.05, 4.69) is 65.5 Å². The summed E-state index contributed by atoms with van der Waals surface area (Å²) in [5, 5.41) is 7.00. The van der Waals surface area contributed by atoms with Gasteiger partial charge in [-0.05, 0) is 44.8 Å². The van der Waals surface area contributed by atoms with E-state index in [0.29, 0.717) is 0 Å². The number of hydrogen-bond acceptors (Lipinski definition) is 3. The van der Waals surface area contributed by atoms with Crippen LogP contribution in [0, 0.1) is 6.92 Å². The third kappa shape index (κ3) is 11.2. The van der Waals surface area contributed by atoms with E-state index < -0.39 is 0 Å². The second-order valence-electron chi connectivity index (χ2n) is 7.84. The lowest BCUT2D eigenvalue weighted by Crippen LogP contribution is -2.46. The molecule has 0 atom stereocenters. The van der Waals surface area contributed by atoms with Crippen molar-refractivity contribution in [3.63, 3.8) is 0 Å². The smallest absolute Gasteiger partial charge is 0.191 e. The Morgan fingerprint density at radius 3 is 2.14 bits per heavy atom. The first kappa shape index (κ1) is 26.2. The van der Waals surface area contributed by atoms with Gasteiger partial charge in [-0.25, -0.2) is 4.99 Å². The van der Waals surface area contributed by atoms with Crippen molar-refractivity contribution in [3.8, 4) is 0 Å². The van der Waals surface area contributed by atoms with Gasteiger partial charge >= 0.3 is 0 Å². The Bertz CT molecular complexity index is 553. The zero-order chi connectivity index (χ0) is 20.0. The highest BCUT2D eigenvalue weighted by molar-refractivity contribution is 14.0. The Kier molecular flexibility index (Phi) is 14.4. The minimum atomic E-state index is 0. The van der Waals surface area contributed by atoms with Crippen LogP contribution in [0.2, 0.25) is 0 Å². The van der Waals surface area contributed by atoms with Crippen LogP contribution in [0.4, 0.5) is 0 Å². The molecule has 29 heavy (non-hydrogen) atoms. The lowest BCUT2D eigenvalue weighted by molar-refractivity contribution is 0.136. The number of nitrogens with one attached hydrogen (secondary N) is 2. The third-order valence-corrected chi connectivity index (χ3v) is 5.47. The van der Waals surface area contributed by atoms with Gasteiger partial charge in [0.05, 0.1) is 6.54 Å². The Hall–Kier alpha value is -0.860. The average molecular weight is 516 g/mol. The molecule has 0 amide bonds. The van der Waals surface area contributed by atoms with E-state index in [1.54, 1.807) is 0 Å². The molecule has 0 bridgehead atoms. The molecule has 1 aliphatic heterocycles. The first-order valence-corrected chi connectivity index (χ1v) is 11.2. The molecule has 166 valence electrons. The Balaban J connectivity index is 0.00000420. The Morgan fingerprint density at radius 1 is 0.897 bits per heavy atom. The fourth-order valence-corrected chi connectivity index (χ4v) is 3.42. The van der Waals surface area contributed by atoms with Crippen molar-refractivity contribution in [1.82, 2.24) is 20.4 Å². The number of rotatable bonds is 11. The molecule has 0 saturated carbocycles. The first-order chi connectivity index (χ1) is 13.7. The zero-order valence-corrected chi connectivity index (χ0v) is 21.1. The van der Waals surface area contributed by atoms with Gasteiger partial charge in [0.1, 0.15) is 0 Å². The summed E-state index contributed by atoms with van der Waals surface area (Å²) in [6, 6.07) is 8.65. The highest BCUT2D eigenvalue weighted by Crippen LogP contribution is 2.05. The lowest BCUT2D eigenvalue weighted by atomic mass is 10.1. The van der Waals surface area contributed by atoms with Crippen molar-refractivity contribution in [2.45, 2.75) is 53.0 Å². The molecule has 1 fully saturated rings. The highest BCUT2D eigenvalue weighted by atomic mass is 127. The maximum absolute atomic E-state index is 4.78. The molecule has 2 rings (SSSR count). The topological polar surface area (TPSA) is 42.9 Å². The van der Waals surface area contributed by atoms with Gasteiger partial charge in [0, 0.05) is 39.3 Å². The van der Waals surface area contributed by atoms with Gasteiger partial charge in [-0.2, -0.15) is 0 Å². The number of aryl methyl sites for hydroxylation is 1. The first-order valence-electron chi connectivity index (χ1n) is 11.2. The molecule has 0 aliphatic carbocycles. The Labute approximate surface area is 195 Å². The van der Waals surface area contributed by atoms with Crippen molar-refractivity contribution < 1.29 is 0 Å². The van der Waals surface area contributed by atoms with Gasteiger partial charge in [0.15, 0.2) is 5.96 Å². The van der Waals surface area contributed by atoms with Crippen LogP contribution >= 0.6 is 24.0 Å². The molecule has 0 unspecified atom stereocenters. The van der Waals surface area contributed by atoms with Crippen LogP contribution in [-0.4, -0.2) is 68.1 Å². The number of nitrogens with zero attached hydrogens (tertiary/aromatic N) is 3. The van der Waals surface area contributed by atoms with Gasteiger partial charge < -0.3 is 20.4 Å². The van der Waals surface area contributed by atoms with E-state index in [0.717, 1.165) is 25.6 Å². The summed E-state index contributed by atoms with van der Waals surface area (Å²) in [7, 11) is 0. The summed E-state index contributed by atoms with van der Waals surface area (Å²) in [6.45, 7) is 16.6. The number of hydrogen-bond donors (Lipinski definition) is 2. The van der Waals surface area contributed by atoms with Crippen LogP contribution in [0.25, 0.3) is 0 Å². The van der Waals surface area contributed by atoms with Crippen molar-refractivity contribution in [3.05, 3.63) is 35.4 Å². The number of aliphatic imine (C=N–C) groups is 1. The SMILES string of the molecule is CCCCNC(=NCc1ccc(C)cc1)NCCCCN1CCN(CC)CC1.I. The van der Waals surface area contributed by atoms with Gasteiger partial charge in [0.25, 0.3) is 0 Å². The molecule has 1 aromatic carbocycles. The van der Waals surface area contributed by atoms with Gasteiger partial charge in [-0.15, -0.1) is 24.0 Å². The maximum atomic E-state index is 4.78. The number of halogens is 1. The van der Waals surface area contributed by atoms with Crippen molar-refractivity contribution in [2.24, 2.45) is 4.99 Å². The molecule has 1 heterocycles. The van der Waals surface area contributed by atoms with E-state index in [-0.39, 0.29) is 24.0 Å². The molecule has 0 aromatic heterocycles. The van der Waals surface area contributed by atoms with Crippen LogP contribution in [0.15, 0.2) is 29.3 Å². The number of benzene rings is 1. The summed E-state index contributed by atoms with van der Waals surface area (Å²) < 4.78 is 0.